The van der Waals surface area contributed by atoms with Gasteiger partial charge in [0.05, 0.1) is 32.0 Å². The van der Waals surface area contributed by atoms with Gasteiger partial charge in [-0.15, -0.1) is 0 Å². The Morgan fingerprint density at radius 1 is 1.04 bits per heavy atom. The lowest BCUT2D eigenvalue weighted by atomic mass is 10.1. The van der Waals surface area contributed by atoms with Gasteiger partial charge in [0.15, 0.2) is 0 Å². The van der Waals surface area contributed by atoms with Crippen molar-refractivity contribution >= 4 is 22.6 Å². The number of pyridine rings is 1. The predicted octanol–water partition coefficient (Wildman–Crippen LogP) is 4.04. The topological polar surface area (TPSA) is 69.7 Å². The zero-order valence-electron chi connectivity index (χ0n) is 15.6. The van der Waals surface area contributed by atoms with Crippen molar-refractivity contribution in [1.82, 2.24) is 4.98 Å². The van der Waals surface area contributed by atoms with Crippen molar-refractivity contribution in [3.05, 3.63) is 59.7 Å². The van der Waals surface area contributed by atoms with Crippen molar-refractivity contribution in [2.24, 2.45) is 0 Å². The van der Waals surface area contributed by atoms with Crippen molar-refractivity contribution in [3.63, 3.8) is 0 Å². The first kappa shape index (κ1) is 18.5. The molecule has 0 fully saturated rings. The number of carbonyl (C=O) groups excluding carboxylic acids is 1. The lowest BCUT2D eigenvalue weighted by Gasteiger charge is -2.17. The highest BCUT2D eigenvalue weighted by Gasteiger charge is 2.23. The van der Waals surface area contributed by atoms with E-state index in [4.69, 9.17) is 14.2 Å². The van der Waals surface area contributed by atoms with E-state index in [1.165, 1.54) is 7.11 Å². The molecule has 2 aromatic carbocycles. The SMILES string of the molecule is CCOC(=O)c1c(OC)nc2ccccc2c1NCc1ccc(OC)cc1. The fourth-order valence-corrected chi connectivity index (χ4v) is 2.85. The van der Waals surface area contributed by atoms with Crippen molar-refractivity contribution in [2.75, 3.05) is 26.1 Å². The number of anilines is 1. The molecule has 6 heteroatoms. The van der Waals surface area contributed by atoms with Crippen molar-refractivity contribution in [1.29, 1.82) is 0 Å². The first-order valence-electron chi connectivity index (χ1n) is 8.68. The number of benzene rings is 2. The first-order valence-corrected chi connectivity index (χ1v) is 8.68. The van der Waals surface area contributed by atoms with Crippen LogP contribution in [0.4, 0.5) is 5.69 Å². The number of rotatable bonds is 7. The van der Waals surface area contributed by atoms with Crippen molar-refractivity contribution in [2.45, 2.75) is 13.5 Å². The number of aromatic nitrogens is 1. The molecule has 3 rings (SSSR count). The fourth-order valence-electron chi connectivity index (χ4n) is 2.85. The highest BCUT2D eigenvalue weighted by Crippen LogP contribution is 2.33. The third kappa shape index (κ3) is 3.95. The van der Waals surface area contributed by atoms with Gasteiger partial charge in [0, 0.05) is 11.9 Å². The minimum atomic E-state index is -0.468. The lowest BCUT2D eigenvalue weighted by Crippen LogP contribution is -2.13. The predicted molar refractivity (Wildman–Crippen MR) is 105 cm³/mol. The molecule has 0 bridgehead atoms. The van der Waals surface area contributed by atoms with Gasteiger partial charge in [0.25, 0.3) is 0 Å². The number of fused-ring (bicyclic) bond motifs is 1. The standard InChI is InChI=1S/C21H22N2O4/c1-4-27-21(24)18-19(22-13-14-9-11-15(25-2)12-10-14)16-7-5-6-8-17(16)23-20(18)26-3/h5-12H,4,13H2,1-3H3,(H,22,23). The summed E-state index contributed by atoms with van der Waals surface area (Å²) in [6.07, 6.45) is 0. The summed E-state index contributed by atoms with van der Waals surface area (Å²) in [6, 6.07) is 15.3. The Labute approximate surface area is 158 Å². The minimum Gasteiger partial charge on any atom is -0.497 e. The van der Waals surface area contributed by atoms with E-state index in [-0.39, 0.29) is 12.5 Å². The highest BCUT2D eigenvalue weighted by atomic mass is 16.5. The third-order valence-electron chi connectivity index (χ3n) is 4.16. The van der Waals surface area contributed by atoms with Gasteiger partial charge in [-0.05, 0) is 30.7 Å². The number of methoxy groups -OCH3 is 2. The molecule has 27 heavy (non-hydrogen) atoms. The maximum atomic E-state index is 12.6. The zero-order chi connectivity index (χ0) is 19.2. The molecule has 3 aromatic rings. The molecule has 0 amide bonds. The molecule has 0 radical (unpaired) electrons. The van der Waals surface area contributed by atoms with Crippen LogP contribution in [0.25, 0.3) is 10.9 Å². The van der Waals surface area contributed by atoms with Crippen LogP contribution in [0.15, 0.2) is 48.5 Å². The van der Waals surface area contributed by atoms with Crippen LogP contribution < -0.4 is 14.8 Å². The number of hydrogen-bond acceptors (Lipinski definition) is 6. The summed E-state index contributed by atoms with van der Waals surface area (Å²) in [5.41, 5.74) is 2.73. The van der Waals surface area contributed by atoms with Crippen LogP contribution in [0.5, 0.6) is 11.6 Å². The summed E-state index contributed by atoms with van der Waals surface area (Å²) in [6.45, 7) is 2.56. The molecule has 6 nitrogen and oxygen atoms in total. The van der Waals surface area contributed by atoms with E-state index in [9.17, 15) is 4.79 Å². The van der Waals surface area contributed by atoms with Crippen molar-refractivity contribution < 1.29 is 19.0 Å². The highest BCUT2D eigenvalue weighted by molar-refractivity contribution is 6.07. The summed E-state index contributed by atoms with van der Waals surface area (Å²) >= 11 is 0. The Bertz CT molecular complexity index is 939. The van der Waals surface area contributed by atoms with E-state index in [1.807, 2.05) is 48.5 Å². The van der Waals surface area contributed by atoms with E-state index in [0.29, 0.717) is 17.8 Å². The lowest BCUT2D eigenvalue weighted by molar-refractivity contribution is 0.0523. The van der Waals surface area contributed by atoms with E-state index in [1.54, 1.807) is 14.0 Å². The van der Waals surface area contributed by atoms with Gasteiger partial charge in [-0.3, -0.25) is 0 Å². The average molecular weight is 366 g/mol. The Kier molecular flexibility index (Phi) is 5.76. The Morgan fingerprint density at radius 2 is 1.78 bits per heavy atom. The van der Waals surface area contributed by atoms with Crippen LogP contribution in [0.1, 0.15) is 22.8 Å². The monoisotopic (exact) mass is 366 g/mol. The molecular formula is C21H22N2O4. The maximum absolute atomic E-state index is 12.6. The summed E-state index contributed by atoms with van der Waals surface area (Å²) in [4.78, 5) is 17.0. The van der Waals surface area contributed by atoms with Gasteiger partial charge in [-0.25, -0.2) is 9.78 Å². The van der Waals surface area contributed by atoms with Crippen LogP contribution in [-0.4, -0.2) is 31.8 Å². The molecule has 0 spiro atoms. The minimum absolute atomic E-state index is 0.240. The molecule has 1 heterocycles. The molecular weight excluding hydrogens is 344 g/mol. The number of hydrogen-bond donors (Lipinski definition) is 1. The molecule has 0 aliphatic carbocycles. The molecule has 0 atom stereocenters. The van der Waals surface area contributed by atoms with Gasteiger partial charge in [-0.1, -0.05) is 30.3 Å². The average Bonchev–Trinajstić information content (AvgIpc) is 2.71. The van der Waals surface area contributed by atoms with Crippen LogP contribution in [0.3, 0.4) is 0 Å². The van der Waals surface area contributed by atoms with Crippen molar-refractivity contribution in [3.8, 4) is 11.6 Å². The molecule has 0 saturated carbocycles. The van der Waals surface area contributed by atoms with Crippen LogP contribution in [0.2, 0.25) is 0 Å². The summed E-state index contributed by atoms with van der Waals surface area (Å²) < 4.78 is 15.8. The second-order valence-corrected chi connectivity index (χ2v) is 5.81. The molecule has 1 aromatic heterocycles. The second kappa shape index (κ2) is 8.40. The number of esters is 1. The Hall–Kier alpha value is -3.28. The maximum Gasteiger partial charge on any atom is 0.345 e. The number of nitrogens with zero attached hydrogens (tertiary/aromatic N) is 1. The fraction of sp³-hybridized carbons (Fsp3) is 0.238. The third-order valence-corrected chi connectivity index (χ3v) is 4.16. The number of ether oxygens (including phenoxy) is 3. The van der Waals surface area contributed by atoms with Gasteiger partial charge < -0.3 is 19.5 Å². The smallest absolute Gasteiger partial charge is 0.345 e. The number of nitrogens with one attached hydrogen (secondary N) is 1. The van der Waals surface area contributed by atoms with Gasteiger partial charge in [0.2, 0.25) is 5.88 Å². The van der Waals surface area contributed by atoms with Gasteiger partial charge >= 0.3 is 5.97 Å². The Morgan fingerprint density at radius 3 is 2.44 bits per heavy atom. The van der Waals surface area contributed by atoms with Gasteiger partial charge in [0.1, 0.15) is 11.3 Å². The Balaban J connectivity index is 2.04. The quantitative estimate of drug-likeness (QED) is 0.637. The summed E-state index contributed by atoms with van der Waals surface area (Å²) in [5.74, 6) is 0.566. The summed E-state index contributed by atoms with van der Waals surface area (Å²) in [5, 5.41) is 4.19. The number of para-hydroxylation sites is 1. The van der Waals surface area contributed by atoms with E-state index in [2.05, 4.69) is 10.3 Å². The van der Waals surface area contributed by atoms with Gasteiger partial charge in [-0.2, -0.15) is 0 Å². The van der Waals surface area contributed by atoms with Crippen LogP contribution in [0, 0.1) is 0 Å². The summed E-state index contributed by atoms with van der Waals surface area (Å²) in [7, 11) is 3.13. The normalized spacial score (nSPS) is 10.5. The van der Waals surface area contributed by atoms with E-state index >= 15 is 0 Å². The second-order valence-electron chi connectivity index (χ2n) is 5.81. The largest absolute Gasteiger partial charge is 0.497 e. The molecule has 0 aliphatic rings. The molecule has 1 N–H and O–H groups in total. The zero-order valence-corrected chi connectivity index (χ0v) is 15.6. The molecule has 0 saturated heterocycles. The van der Waals surface area contributed by atoms with E-state index < -0.39 is 5.97 Å². The molecule has 140 valence electrons. The number of carbonyl (C=O) groups is 1. The molecule has 0 unspecified atom stereocenters. The molecule has 0 aliphatic heterocycles. The first-order chi connectivity index (χ1) is 13.2. The van der Waals surface area contributed by atoms with E-state index in [0.717, 1.165) is 22.2 Å². The van der Waals surface area contributed by atoms with Crippen LogP contribution in [-0.2, 0) is 11.3 Å². The van der Waals surface area contributed by atoms with Crippen LogP contribution >= 0.6 is 0 Å².